The third-order valence-electron chi connectivity index (χ3n) is 4.72. The van der Waals surface area contributed by atoms with Crippen LogP contribution < -0.4 is 10.9 Å². The van der Waals surface area contributed by atoms with Crippen molar-refractivity contribution < 1.29 is 4.39 Å². The van der Waals surface area contributed by atoms with E-state index in [4.69, 9.17) is 0 Å². The lowest BCUT2D eigenvalue weighted by Crippen LogP contribution is -2.42. The Balaban J connectivity index is 1.62. The summed E-state index contributed by atoms with van der Waals surface area (Å²) in [6.07, 6.45) is 0. The lowest BCUT2D eigenvalue weighted by molar-refractivity contribution is 0.233. The first-order valence-corrected chi connectivity index (χ1v) is 8.55. The summed E-state index contributed by atoms with van der Waals surface area (Å²) in [7, 11) is 0. The van der Waals surface area contributed by atoms with Crippen LogP contribution in [0.25, 0.3) is 22.0 Å². The van der Waals surface area contributed by atoms with Gasteiger partial charge in [-0.2, -0.15) is 0 Å². The van der Waals surface area contributed by atoms with E-state index in [9.17, 15) is 9.18 Å². The molecule has 0 atom stereocenters. The molecule has 2 aromatic carbocycles. The first-order chi connectivity index (χ1) is 12.2. The summed E-state index contributed by atoms with van der Waals surface area (Å²) < 4.78 is 14.0. The number of benzene rings is 2. The first kappa shape index (κ1) is 16.0. The van der Waals surface area contributed by atoms with Crippen molar-refractivity contribution in [1.82, 2.24) is 15.2 Å². The predicted octanol–water partition coefficient (Wildman–Crippen LogP) is 2.74. The van der Waals surface area contributed by atoms with Gasteiger partial charge in [-0.3, -0.25) is 9.69 Å². The number of aromatic amines is 1. The van der Waals surface area contributed by atoms with E-state index < -0.39 is 0 Å². The van der Waals surface area contributed by atoms with Crippen LogP contribution in [0.1, 0.15) is 5.56 Å². The van der Waals surface area contributed by atoms with Crippen LogP contribution in [0, 0.1) is 5.82 Å². The van der Waals surface area contributed by atoms with E-state index in [1.807, 2.05) is 12.1 Å². The van der Waals surface area contributed by atoms with Gasteiger partial charge in [0.25, 0.3) is 5.56 Å². The van der Waals surface area contributed by atoms with E-state index in [2.05, 4.69) is 27.3 Å². The van der Waals surface area contributed by atoms with Crippen molar-refractivity contribution in [3.8, 4) is 11.3 Å². The topological polar surface area (TPSA) is 48.1 Å². The molecule has 25 heavy (non-hydrogen) atoms. The van der Waals surface area contributed by atoms with Gasteiger partial charge in [0.05, 0.1) is 0 Å². The van der Waals surface area contributed by atoms with Crippen LogP contribution in [0.2, 0.25) is 0 Å². The lowest BCUT2D eigenvalue weighted by Gasteiger charge is -2.27. The molecule has 1 aliphatic heterocycles. The molecule has 2 heterocycles. The molecule has 0 aliphatic carbocycles. The molecule has 1 saturated heterocycles. The van der Waals surface area contributed by atoms with Gasteiger partial charge < -0.3 is 10.3 Å². The fourth-order valence-corrected chi connectivity index (χ4v) is 3.32. The number of rotatable bonds is 3. The number of halogens is 1. The Kier molecular flexibility index (Phi) is 4.34. The van der Waals surface area contributed by atoms with Gasteiger partial charge >= 0.3 is 0 Å². The van der Waals surface area contributed by atoms with E-state index >= 15 is 0 Å². The Labute approximate surface area is 145 Å². The third kappa shape index (κ3) is 3.34. The molecular weight excluding hydrogens is 317 g/mol. The Morgan fingerprint density at radius 3 is 2.52 bits per heavy atom. The Bertz CT molecular complexity index is 943. The normalized spacial score (nSPS) is 15.6. The van der Waals surface area contributed by atoms with Crippen LogP contribution in [-0.4, -0.2) is 36.1 Å². The molecule has 0 saturated carbocycles. The molecule has 0 bridgehead atoms. The average molecular weight is 337 g/mol. The van der Waals surface area contributed by atoms with Crippen molar-refractivity contribution in [2.24, 2.45) is 0 Å². The molecular formula is C20H20FN3O. The monoisotopic (exact) mass is 337 g/mol. The molecule has 0 unspecified atom stereocenters. The van der Waals surface area contributed by atoms with Gasteiger partial charge in [-0.15, -0.1) is 0 Å². The number of hydrogen-bond acceptors (Lipinski definition) is 3. The zero-order valence-electron chi connectivity index (χ0n) is 13.9. The smallest absolute Gasteiger partial charge is 0.256 e. The maximum Gasteiger partial charge on any atom is 0.256 e. The van der Waals surface area contributed by atoms with Gasteiger partial charge in [0.1, 0.15) is 5.82 Å². The number of H-pyrrole nitrogens is 1. The second-order valence-corrected chi connectivity index (χ2v) is 6.44. The van der Waals surface area contributed by atoms with Crippen molar-refractivity contribution in [2.45, 2.75) is 6.54 Å². The van der Waals surface area contributed by atoms with E-state index in [0.29, 0.717) is 16.5 Å². The molecule has 4 rings (SSSR count). The standard InChI is InChI=1S/C20H20FN3O/c21-18-3-1-2-16-17(18)12-19(23-20(16)25)15-6-4-14(5-7-15)13-24-10-8-22-9-11-24/h1-7,12,22H,8-11,13H2,(H,23,25). The van der Waals surface area contributed by atoms with Gasteiger partial charge in [0, 0.05) is 49.2 Å². The summed E-state index contributed by atoms with van der Waals surface area (Å²) in [4.78, 5) is 17.5. The van der Waals surface area contributed by atoms with Gasteiger partial charge in [-0.25, -0.2) is 4.39 Å². The largest absolute Gasteiger partial charge is 0.321 e. The van der Waals surface area contributed by atoms with Crippen molar-refractivity contribution in [3.63, 3.8) is 0 Å². The Morgan fingerprint density at radius 2 is 1.76 bits per heavy atom. The van der Waals surface area contributed by atoms with Gasteiger partial charge in [0.15, 0.2) is 0 Å². The number of pyridine rings is 1. The van der Waals surface area contributed by atoms with Crippen molar-refractivity contribution in [1.29, 1.82) is 0 Å². The van der Waals surface area contributed by atoms with Crippen molar-refractivity contribution in [3.05, 3.63) is 70.3 Å². The Hall–Kier alpha value is -2.50. The fraction of sp³-hybridized carbons (Fsp3) is 0.250. The SMILES string of the molecule is O=c1[nH]c(-c2ccc(CN3CCNCC3)cc2)cc2c(F)cccc12. The number of nitrogens with zero attached hydrogens (tertiary/aromatic N) is 1. The van der Waals surface area contributed by atoms with E-state index in [-0.39, 0.29) is 11.4 Å². The molecule has 1 fully saturated rings. The molecule has 5 heteroatoms. The molecule has 128 valence electrons. The van der Waals surface area contributed by atoms with E-state index in [1.165, 1.54) is 11.6 Å². The van der Waals surface area contributed by atoms with Crippen LogP contribution >= 0.6 is 0 Å². The van der Waals surface area contributed by atoms with Crippen LogP contribution in [0.4, 0.5) is 4.39 Å². The molecule has 1 aliphatic rings. The quantitative estimate of drug-likeness (QED) is 0.773. The third-order valence-corrected chi connectivity index (χ3v) is 4.72. The van der Waals surface area contributed by atoms with Crippen LogP contribution in [-0.2, 0) is 6.54 Å². The summed E-state index contributed by atoms with van der Waals surface area (Å²) in [6.45, 7) is 5.09. The number of aromatic nitrogens is 1. The summed E-state index contributed by atoms with van der Waals surface area (Å²) in [6, 6.07) is 14.4. The lowest BCUT2D eigenvalue weighted by atomic mass is 10.0. The van der Waals surface area contributed by atoms with Crippen LogP contribution in [0.3, 0.4) is 0 Å². The van der Waals surface area contributed by atoms with Gasteiger partial charge in [0.2, 0.25) is 0 Å². The average Bonchev–Trinajstić information content (AvgIpc) is 2.64. The molecule has 4 nitrogen and oxygen atoms in total. The second-order valence-electron chi connectivity index (χ2n) is 6.44. The predicted molar refractivity (Wildman–Crippen MR) is 98.1 cm³/mol. The number of piperazine rings is 1. The summed E-state index contributed by atoms with van der Waals surface area (Å²) in [5.74, 6) is -0.375. The first-order valence-electron chi connectivity index (χ1n) is 8.55. The number of hydrogen-bond donors (Lipinski definition) is 2. The van der Waals surface area contributed by atoms with Crippen LogP contribution in [0.5, 0.6) is 0 Å². The van der Waals surface area contributed by atoms with Crippen molar-refractivity contribution >= 4 is 10.8 Å². The highest BCUT2D eigenvalue weighted by Gasteiger charge is 2.11. The number of nitrogens with one attached hydrogen (secondary N) is 2. The second kappa shape index (κ2) is 6.78. The highest BCUT2D eigenvalue weighted by molar-refractivity contribution is 5.85. The minimum absolute atomic E-state index is 0.267. The maximum absolute atomic E-state index is 14.0. The Morgan fingerprint density at radius 1 is 1.00 bits per heavy atom. The van der Waals surface area contributed by atoms with Gasteiger partial charge in [-0.1, -0.05) is 30.3 Å². The maximum atomic E-state index is 14.0. The highest BCUT2D eigenvalue weighted by Crippen LogP contribution is 2.22. The minimum Gasteiger partial charge on any atom is -0.321 e. The molecule has 0 amide bonds. The molecule has 0 spiro atoms. The molecule has 3 aromatic rings. The van der Waals surface area contributed by atoms with Gasteiger partial charge in [-0.05, 0) is 29.3 Å². The summed E-state index contributed by atoms with van der Waals surface area (Å²) in [5, 5.41) is 4.08. The number of fused-ring (bicyclic) bond motifs is 1. The summed E-state index contributed by atoms with van der Waals surface area (Å²) >= 11 is 0. The summed E-state index contributed by atoms with van der Waals surface area (Å²) in [5.41, 5.74) is 2.49. The molecule has 2 N–H and O–H groups in total. The fourth-order valence-electron chi connectivity index (χ4n) is 3.32. The zero-order valence-corrected chi connectivity index (χ0v) is 13.9. The van der Waals surface area contributed by atoms with E-state index in [1.54, 1.807) is 18.2 Å². The van der Waals surface area contributed by atoms with E-state index in [0.717, 1.165) is 38.3 Å². The van der Waals surface area contributed by atoms with Crippen LogP contribution in [0.15, 0.2) is 53.3 Å². The molecule has 1 aromatic heterocycles. The highest BCUT2D eigenvalue weighted by atomic mass is 19.1. The minimum atomic E-state index is -0.375. The van der Waals surface area contributed by atoms with Crippen molar-refractivity contribution in [2.75, 3.05) is 26.2 Å². The molecule has 0 radical (unpaired) electrons. The zero-order chi connectivity index (χ0) is 17.2.